The van der Waals surface area contributed by atoms with Gasteiger partial charge in [-0.25, -0.2) is 9.48 Å². The second-order valence-corrected chi connectivity index (χ2v) is 7.47. The molecule has 0 aliphatic heterocycles. The molecule has 0 unspecified atom stereocenters. The predicted molar refractivity (Wildman–Crippen MR) is 127 cm³/mol. The summed E-state index contributed by atoms with van der Waals surface area (Å²) in [5, 5.41) is 9.87. The molecule has 1 heterocycles. The number of urea groups is 1. The normalized spacial score (nSPS) is 11.2. The first-order valence-electron chi connectivity index (χ1n) is 10.7. The minimum Gasteiger partial charge on any atom is -0.492 e. The first-order chi connectivity index (χ1) is 16.8. The van der Waals surface area contributed by atoms with Gasteiger partial charge in [-0.1, -0.05) is 48.5 Å². The van der Waals surface area contributed by atoms with Gasteiger partial charge in [0.05, 0.1) is 17.8 Å². The number of aromatic nitrogens is 2. The number of hydrogen-bond acceptors (Lipinski definition) is 4. The highest BCUT2D eigenvalue weighted by atomic mass is 19.4. The number of carbonyl (C=O) groups excluding carboxylic acids is 1. The summed E-state index contributed by atoms with van der Waals surface area (Å²) in [5.74, 6) is 0.752. The van der Waals surface area contributed by atoms with Gasteiger partial charge in [0.2, 0.25) is 0 Å². The zero-order chi connectivity index (χ0) is 24.8. The number of para-hydroxylation sites is 1. The largest absolute Gasteiger partial charge is 0.492 e. The fraction of sp³-hybridized carbons (Fsp3) is 0.120. The van der Waals surface area contributed by atoms with Crippen LogP contribution in [0.15, 0.2) is 84.9 Å². The topological polar surface area (TPSA) is 94.2 Å². The summed E-state index contributed by atoms with van der Waals surface area (Å²) in [6, 6.07) is 22.1. The minimum atomic E-state index is -4.46. The van der Waals surface area contributed by atoms with E-state index >= 15 is 0 Å². The fourth-order valence-electron chi connectivity index (χ4n) is 3.35. The molecule has 0 aliphatic rings. The van der Waals surface area contributed by atoms with Crippen molar-refractivity contribution < 1.29 is 22.7 Å². The number of rotatable bonds is 7. The number of nitrogen functional groups attached to an aromatic ring is 1. The fourth-order valence-corrected chi connectivity index (χ4v) is 3.35. The second kappa shape index (κ2) is 10.2. The molecule has 10 heteroatoms. The first-order valence-corrected chi connectivity index (χ1v) is 10.7. The third-order valence-corrected chi connectivity index (χ3v) is 5.05. The van der Waals surface area contributed by atoms with E-state index < -0.39 is 17.8 Å². The van der Waals surface area contributed by atoms with Crippen LogP contribution in [0, 0.1) is 0 Å². The van der Waals surface area contributed by atoms with Gasteiger partial charge in [-0.3, -0.25) is 0 Å². The van der Waals surface area contributed by atoms with Crippen molar-refractivity contribution in [3.05, 3.63) is 90.5 Å². The first kappa shape index (κ1) is 23.7. The monoisotopic (exact) mass is 481 g/mol. The van der Waals surface area contributed by atoms with E-state index in [1.54, 1.807) is 24.3 Å². The minimum absolute atomic E-state index is 0.0688. The summed E-state index contributed by atoms with van der Waals surface area (Å²) in [7, 11) is 0. The number of carbonyl (C=O) groups is 1. The Morgan fingerprint density at radius 1 is 0.943 bits per heavy atom. The van der Waals surface area contributed by atoms with Crippen LogP contribution >= 0.6 is 0 Å². The van der Waals surface area contributed by atoms with Crippen LogP contribution < -0.4 is 21.1 Å². The third-order valence-electron chi connectivity index (χ3n) is 5.05. The van der Waals surface area contributed by atoms with Gasteiger partial charge >= 0.3 is 12.2 Å². The van der Waals surface area contributed by atoms with E-state index in [0.717, 1.165) is 12.1 Å². The highest BCUT2D eigenvalue weighted by Crippen LogP contribution is 2.35. The summed E-state index contributed by atoms with van der Waals surface area (Å²) in [4.78, 5) is 12.6. The van der Waals surface area contributed by atoms with Crippen molar-refractivity contribution in [2.45, 2.75) is 6.18 Å². The smallest absolute Gasteiger partial charge is 0.416 e. The van der Waals surface area contributed by atoms with Crippen LogP contribution in [0.1, 0.15) is 5.56 Å². The Balaban J connectivity index is 1.53. The number of nitrogens with two attached hydrogens (primary N) is 1. The highest BCUT2D eigenvalue weighted by molar-refractivity contribution is 5.97. The van der Waals surface area contributed by atoms with Gasteiger partial charge < -0.3 is 21.1 Å². The molecule has 0 radical (unpaired) electrons. The average Bonchev–Trinajstić information content (AvgIpc) is 3.18. The van der Waals surface area contributed by atoms with Gasteiger partial charge in [0, 0.05) is 5.56 Å². The third kappa shape index (κ3) is 5.72. The number of ether oxygens (including phenoxy) is 1. The molecule has 4 N–H and O–H groups in total. The number of hydrogen-bond donors (Lipinski definition) is 3. The van der Waals surface area contributed by atoms with E-state index in [0.29, 0.717) is 22.7 Å². The number of nitrogens with zero attached hydrogens (tertiary/aromatic N) is 2. The molecule has 180 valence electrons. The SMILES string of the molecule is Nc1c(NC(=O)NCCOc2ccccc2)c(-c2ccccc2)nn1-c1ccc(C(F)(F)F)cc1. The molecular formula is C25H22F3N5O2. The molecule has 2 amide bonds. The lowest BCUT2D eigenvalue weighted by atomic mass is 10.1. The molecule has 4 aromatic rings. The summed E-state index contributed by atoms with van der Waals surface area (Å²) >= 11 is 0. The van der Waals surface area contributed by atoms with Crippen LogP contribution in [0.3, 0.4) is 0 Å². The van der Waals surface area contributed by atoms with Crippen LogP contribution in [-0.4, -0.2) is 29.0 Å². The average molecular weight is 481 g/mol. The van der Waals surface area contributed by atoms with Crippen LogP contribution in [0.4, 0.5) is 29.5 Å². The number of amides is 2. The van der Waals surface area contributed by atoms with E-state index in [-0.39, 0.29) is 24.7 Å². The number of alkyl halides is 3. The van der Waals surface area contributed by atoms with Crippen molar-refractivity contribution in [2.75, 3.05) is 24.2 Å². The van der Waals surface area contributed by atoms with E-state index in [4.69, 9.17) is 10.5 Å². The van der Waals surface area contributed by atoms with Crippen LogP contribution in [0.25, 0.3) is 16.9 Å². The molecule has 3 aromatic carbocycles. The second-order valence-electron chi connectivity index (χ2n) is 7.47. The predicted octanol–water partition coefficient (Wildman–Crippen LogP) is 5.34. The van der Waals surface area contributed by atoms with Gasteiger partial charge in [0.1, 0.15) is 23.7 Å². The molecule has 0 bridgehead atoms. The van der Waals surface area contributed by atoms with E-state index in [9.17, 15) is 18.0 Å². The van der Waals surface area contributed by atoms with Crippen LogP contribution in [0.5, 0.6) is 5.75 Å². The van der Waals surface area contributed by atoms with Gasteiger partial charge in [-0.05, 0) is 36.4 Å². The van der Waals surface area contributed by atoms with E-state index in [1.165, 1.54) is 16.8 Å². The molecule has 0 aliphatic carbocycles. The zero-order valence-corrected chi connectivity index (χ0v) is 18.4. The quantitative estimate of drug-likeness (QED) is 0.311. The Labute approximate surface area is 199 Å². The van der Waals surface area contributed by atoms with Crippen molar-refractivity contribution in [3.8, 4) is 22.7 Å². The maximum atomic E-state index is 12.9. The van der Waals surface area contributed by atoms with Crippen molar-refractivity contribution in [1.82, 2.24) is 15.1 Å². The summed E-state index contributed by atoms with van der Waals surface area (Å²) in [6.07, 6.45) is -4.46. The standard InChI is InChI=1S/C25H22F3N5O2/c26-25(27,28)18-11-13-19(14-12-18)33-23(29)22(21(32-33)17-7-3-1-4-8-17)31-24(34)30-15-16-35-20-9-5-2-6-10-20/h1-14H,15-16,29H2,(H2,30,31,34). The maximum absolute atomic E-state index is 12.9. The Morgan fingerprint density at radius 2 is 1.57 bits per heavy atom. The molecule has 0 atom stereocenters. The Hall–Kier alpha value is -4.47. The van der Waals surface area contributed by atoms with E-state index in [2.05, 4.69) is 15.7 Å². The Morgan fingerprint density at radius 3 is 2.20 bits per heavy atom. The number of halogens is 3. The van der Waals surface area contributed by atoms with Gasteiger partial charge in [-0.15, -0.1) is 0 Å². The van der Waals surface area contributed by atoms with Crippen LogP contribution in [0.2, 0.25) is 0 Å². The molecule has 35 heavy (non-hydrogen) atoms. The summed E-state index contributed by atoms with van der Waals surface area (Å²) in [5.41, 5.74) is 7.10. The van der Waals surface area contributed by atoms with E-state index in [1.807, 2.05) is 36.4 Å². The molecule has 0 saturated heterocycles. The Bertz CT molecular complexity index is 1270. The lowest BCUT2D eigenvalue weighted by molar-refractivity contribution is -0.137. The number of nitrogens with one attached hydrogen (secondary N) is 2. The molecule has 7 nitrogen and oxygen atoms in total. The number of benzene rings is 3. The van der Waals surface area contributed by atoms with Gasteiger partial charge in [-0.2, -0.15) is 18.3 Å². The highest BCUT2D eigenvalue weighted by Gasteiger charge is 2.30. The van der Waals surface area contributed by atoms with Crippen molar-refractivity contribution in [3.63, 3.8) is 0 Å². The molecular weight excluding hydrogens is 459 g/mol. The van der Waals surface area contributed by atoms with Crippen LogP contribution in [-0.2, 0) is 6.18 Å². The Kier molecular flexibility index (Phi) is 6.91. The van der Waals surface area contributed by atoms with Gasteiger partial charge in [0.15, 0.2) is 5.82 Å². The van der Waals surface area contributed by atoms with Crippen molar-refractivity contribution >= 4 is 17.5 Å². The van der Waals surface area contributed by atoms with Crippen molar-refractivity contribution in [1.29, 1.82) is 0 Å². The number of anilines is 2. The lowest BCUT2D eigenvalue weighted by Crippen LogP contribution is -2.32. The zero-order valence-electron chi connectivity index (χ0n) is 18.4. The molecule has 0 saturated carbocycles. The maximum Gasteiger partial charge on any atom is 0.416 e. The van der Waals surface area contributed by atoms with Crippen molar-refractivity contribution in [2.24, 2.45) is 0 Å². The lowest BCUT2D eigenvalue weighted by Gasteiger charge is -2.10. The molecule has 4 rings (SSSR count). The van der Waals surface area contributed by atoms with Gasteiger partial charge in [0.25, 0.3) is 0 Å². The molecule has 0 spiro atoms. The molecule has 1 aromatic heterocycles. The summed E-state index contributed by atoms with van der Waals surface area (Å²) < 4.78 is 45.7. The summed E-state index contributed by atoms with van der Waals surface area (Å²) in [6.45, 7) is 0.484. The molecule has 0 fully saturated rings.